The number of carbonyl (C=O) groups is 1. The summed E-state index contributed by atoms with van der Waals surface area (Å²) in [6.45, 7) is 2.52. The summed E-state index contributed by atoms with van der Waals surface area (Å²) in [5, 5.41) is 3.09. The number of ether oxygens (including phenoxy) is 1. The molecular formula is C18H23N3O2. The number of anilines is 2. The van der Waals surface area contributed by atoms with Gasteiger partial charge in [0.05, 0.1) is 12.3 Å². The number of para-hydroxylation sites is 1. The molecular weight excluding hydrogens is 290 g/mol. The molecule has 0 aliphatic carbocycles. The minimum Gasteiger partial charge on any atom is -0.493 e. The van der Waals surface area contributed by atoms with Gasteiger partial charge in [-0.3, -0.25) is 15.6 Å². The first-order chi connectivity index (χ1) is 11.2. The van der Waals surface area contributed by atoms with Gasteiger partial charge in [-0.15, -0.1) is 0 Å². The number of hydrogen-bond acceptors (Lipinski definition) is 4. The number of aryl methyl sites for hydroxylation is 1. The lowest BCUT2D eigenvalue weighted by molar-refractivity contribution is -0.120. The van der Waals surface area contributed by atoms with Gasteiger partial charge in [0.15, 0.2) is 0 Å². The average molecular weight is 313 g/mol. The molecule has 0 bridgehead atoms. The average Bonchev–Trinajstić information content (AvgIpc) is 2.58. The third kappa shape index (κ3) is 5.54. The highest BCUT2D eigenvalue weighted by molar-refractivity contribution is 5.77. The van der Waals surface area contributed by atoms with Crippen LogP contribution in [0.5, 0.6) is 5.75 Å². The Labute approximate surface area is 137 Å². The summed E-state index contributed by atoms with van der Waals surface area (Å²) in [5.41, 5.74) is 8.54. The molecule has 2 aromatic carbocycles. The number of benzene rings is 2. The third-order valence-electron chi connectivity index (χ3n) is 3.39. The highest BCUT2D eigenvalue weighted by Gasteiger charge is 2.03. The quantitative estimate of drug-likeness (QED) is 0.517. The van der Waals surface area contributed by atoms with E-state index in [1.54, 1.807) is 0 Å². The second-order valence-electron chi connectivity index (χ2n) is 5.22. The molecule has 0 aliphatic heterocycles. The van der Waals surface area contributed by atoms with Crippen LogP contribution in [-0.2, 0) is 4.79 Å². The van der Waals surface area contributed by atoms with Crippen molar-refractivity contribution in [1.29, 1.82) is 0 Å². The Balaban J connectivity index is 1.66. The van der Waals surface area contributed by atoms with Crippen molar-refractivity contribution < 1.29 is 9.53 Å². The number of amides is 1. The molecule has 2 rings (SSSR count). The Kier molecular flexibility index (Phi) is 6.29. The fraction of sp³-hybridized carbons (Fsp3) is 0.278. The number of carbonyl (C=O) groups excluding carboxylic acids is 1. The zero-order valence-corrected chi connectivity index (χ0v) is 13.6. The van der Waals surface area contributed by atoms with Crippen LogP contribution in [0.25, 0.3) is 0 Å². The molecule has 0 spiro atoms. The molecule has 0 aliphatic rings. The lowest BCUT2D eigenvalue weighted by Crippen LogP contribution is -2.29. The highest BCUT2D eigenvalue weighted by atomic mass is 16.5. The fourth-order valence-corrected chi connectivity index (χ4v) is 2.11. The van der Waals surface area contributed by atoms with E-state index >= 15 is 0 Å². The van der Waals surface area contributed by atoms with Gasteiger partial charge in [0.1, 0.15) is 5.75 Å². The van der Waals surface area contributed by atoms with E-state index in [1.807, 2.05) is 62.5 Å². The molecule has 1 amide bonds. The van der Waals surface area contributed by atoms with Crippen LogP contribution < -0.4 is 20.9 Å². The van der Waals surface area contributed by atoms with Gasteiger partial charge < -0.3 is 10.1 Å². The molecule has 122 valence electrons. The zero-order valence-electron chi connectivity index (χ0n) is 13.6. The SMILES string of the molecule is CNc1ccc(OCCCC(=O)NNc2ccccc2)c(C)c1. The standard InChI is InChI=1S/C18H23N3O2/c1-14-13-16(19-2)10-11-17(14)23-12-6-9-18(22)21-20-15-7-4-3-5-8-15/h3-5,7-8,10-11,13,19-20H,6,9,12H2,1-2H3,(H,21,22). The van der Waals surface area contributed by atoms with Crippen LogP contribution in [-0.4, -0.2) is 19.6 Å². The Morgan fingerprint density at radius 2 is 1.87 bits per heavy atom. The van der Waals surface area contributed by atoms with Crippen molar-refractivity contribution in [3.63, 3.8) is 0 Å². The lowest BCUT2D eigenvalue weighted by atomic mass is 10.2. The van der Waals surface area contributed by atoms with Crippen molar-refractivity contribution in [2.45, 2.75) is 19.8 Å². The van der Waals surface area contributed by atoms with E-state index in [1.165, 1.54) is 0 Å². The first-order valence-electron chi connectivity index (χ1n) is 7.70. The monoisotopic (exact) mass is 313 g/mol. The second-order valence-corrected chi connectivity index (χ2v) is 5.22. The Hall–Kier alpha value is -2.69. The minimum atomic E-state index is -0.0558. The van der Waals surface area contributed by atoms with Crippen LogP contribution >= 0.6 is 0 Å². The Morgan fingerprint density at radius 1 is 1.09 bits per heavy atom. The minimum absolute atomic E-state index is 0.0558. The van der Waals surface area contributed by atoms with Crippen LogP contribution in [0, 0.1) is 6.92 Å². The Bertz CT molecular complexity index is 629. The largest absolute Gasteiger partial charge is 0.493 e. The van der Waals surface area contributed by atoms with Crippen molar-refractivity contribution in [3.05, 3.63) is 54.1 Å². The van der Waals surface area contributed by atoms with Gasteiger partial charge in [-0.1, -0.05) is 18.2 Å². The summed E-state index contributed by atoms with van der Waals surface area (Å²) in [4.78, 5) is 11.7. The number of nitrogens with one attached hydrogen (secondary N) is 3. The van der Waals surface area contributed by atoms with Gasteiger partial charge >= 0.3 is 0 Å². The molecule has 0 saturated carbocycles. The molecule has 5 heteroatoms. The summed E-state index contributed by atoms with van der Waals surface area (Å²) >= 11 is 0. The molecule has 0 aromatic heterocycles. The maximum absolute atomic E-state index is 11.7. The van der Waals surface area contributed by atoms with Crippen molar-refractivity contribution in [1.82, 2.24) is 5.43 Å². The number of hydrazine groups is 1. The van der Waals surface area contributed by atoms with E-state index in [9.17, 15) is 4.79 Å². The molecule has 0 saturated heterocycles. The summed E-state index contributed by atoms with van der Waals surface area (Å²) in [5.74, 6) is 0.798. The summed E-state index contributed by atoms with van der Waals surface area (Å²) in [6, 6.07) is 15.5. The molecule has 3 N–H and O–H groups in total. The van der Waals surface area contributed by atoms with E-state index in [0.29, 0.717) is 19.4 Å². The summed E-state index contributed by atoms with van der Waals surface area (Å²) in [7, 11) is 1.89. The van der Waals surface area contributed by atoms with E-state index in [4.69, 9.17) is 4.74 Å². The molecule has 0 unspecified atom stereocenters. The number of rotatable bonds is 8. The molecule has 23 heavy (non-hydrogen) atoms. The maximum atomic E-state index is 11.7. The van der Waals surface area contributed by atoms with Gasteiger partial charge in [-0.05, 0) is 49.2 Å². The van der Waals surface area contributed by atoms with Crippen LogP contribution in [0.1, 0.15) is 18.4 Å². The van der Waals surface area contributed by atoms with E-state index in [-0.39, 0.29) is 5.91 Å². The van der Waals surface area contributed by atoms with Crippen molar-refractivity contribution >= 4 is 17.3 Å². The topological polar surface area (TPSA) is 62.4 Å². The predicted molar refractivity (Wildman–Crippen MR) is 93.7 cm³/mol. The van der Waals surface area contributed by atoms with Gasteiger partial charge in [0.25, 0.3) is 0 Å². The summed E-state index contributed by atoms with van der Waals surface area (Å²) < 4.78 is 5.72. The van der Waals surface area contributed by atoms with Crippen molar-refractivity contribution in [3.8, 4) is 5.75 Å². The van der Waals surface area contributed by atoms with E-state index in [0.717, 1.165) is 22.7 Å². The van der Waals surface area contributed by atoms with Crippen LogP contribution in [0.2, 0.25) is 0 Å². The number of hydrogen-bond donors (Lipinski definition) is 3. The molecule has 0 atom stereocenters. The van der Waals surface area contributed by atoms with Gasteiger partial charge in [0, 0.05) is 19.2 Å². The molecule has 2 aromatic rings. The normalized spacial score (nSPS) is 10.0. The summed E-state index contributed by atoms with van der Waals surface area (Å²) in [6.07, 6.45) is 1.07. The first-order valence-corrected chi connectivity index (χ1v) is 7.70. The fourth-order valence-electron chi connectivity index (χ4n) is 2.11. The molecule has 0 heterocycles. The zero-order chi connectivity index (χ0) is 16.5. The Morgan fingerprint density at radius 3 is 2.57 bits per heavy atom. The molecule has 5 nitrogen and oxygen atoms in total. The van der Waals surface area contributed by atoms with Crippen LogP contribution in [0.4, 0.5) is 11.4 Å². The van der Waals surface area contributed by atoms with Crippen molar-refractivity contribution in [2.75, 3.05) is 24.4 Å². The smallest absolute Gasteiger partial charge is 0.238 e. The molecule has 0 fully saturated rings. The molecule has 0 radical (unpaired) electrons. The van der Waals surface area contributed by atoms with Gasteiger partial charge in [-0.25, -0.2) is 0 Å². The lowest BCUT2D eigenvalue weighted by Gasteiger charge is -2.11. The van der Waals surface area contributed by atoms with Crippen LogP contribution in [0.3, 0.4) is 0 Å². The van der Waals surface area contributed by atoms with Gasteiger partial charge in [-0.2, -0.15) is 0 Å². The third-order valence-corrected chi connectivity index (χ3v) is 3.39. The van der Waals surface area contributed by atoms with Gasteiger partial charge in [0.2, 0.25) is 5.91 Å². The maximum Gasteiger partial charge on any atom is 0.238 e. The van der Waals surface area contributed by atoms with Crippen molar-refractivity contribution in [2.24, 2.45) is 0 Å². The highest BCUT2D eigenvalue weighted by Crippen LogP contribution is 2.21. The second kappa shape index (κ2) is 8.68. The van der Waals surface area contributed by atoms with E-state index in [2.05, 4.69) is 16.2 Å². The van der Waals surface area contributed by atoms with Crippen LogP contribution in [0.15, 0.2) is 48.5 Å². The first kappa shape index (κ1) is 16.7. The van der Waals surface area contributed by atoms with E-state index < -0.39 is 0 Å². The predicted octanol–water partition coefficient (Wildman–Crippen LogP) is 3.34.